The first-order valence-corrected chi connectivity index (χ1v) is 7.44. The fraction of sp³-hybridized carbons (Fsp3) is 0.583. The lowest BCUT2D eigenvalue weighted by Gasteiger charge is -2.16. The molecule has 0 aliphatic heterocycles. The number of carboxylic acids is 1. The van der Waals surface area contributed by atoms with E-state index in [0.29, 0.717) is 5.76 Å². The van der Waals surface area contributed by atoms with E-state index in [4.69, 9.17) is 9.52 Å². The molecule has 1 rings (SSSR count). The highest BCUT2D eigenvalue weighted by molar-refractivity contribution is 7.89. The predicted octanol–water partition coefficient (Wildman–Crippen LogP) is 1.67. The summed E-state index contributed by atoms with van der Waals surface area (Å²) in [6, 6.07) is 0.242. The third kappa shape index (κ3) is 4.07. The van der Waals surface area contributed by atoms with Crippen molar-refractivity contribution < 1.29 is 22.7 Å². The molecule has 0 spiro atoms. The Kier molecular flexibility index (Phi) is 4.75. The van der Waals surface area contributed by atoms with E-state index in [1.165, 1.54) is 13.0 Å². The summed E-state index contributed by atoms with van der Waals surface area (Å²) < 4.78 is 31.6. The molecule has 7 heteroatoms. The van der Waals surface area contributed by atoms with Crippen LogP contribution in [-0.4, -0.2) is 25.5 Å². The van der Waals surface area contributed by atoms with Crippen LogP contribution in [0.5, 0.6) is 0 Å². The van der Waals surface area contributed by atoms with Gasteiger partial charge in [-0.05, 0) is 32.3 Å². The van der Waals surface area contributed by atoms with E-state index in [0.717, 1.165) is 0 Å². The molecule has 0 fully saturated rings. The Morgan fingerprint density at radius 1 is 1.42 bits per heavy atom. The highest BCUT2D eigenvalue weighted by Gasteiger charge is 2.28. The average Bonchev–Trinajstić information content (AvgIpc) is 2.56. The van der Waals surface area contributed by atoms with Crippen LogP contribution in [0.1, 0.15) is 31.8 Å². The molecule has 0 bridgehead atoms. The molecule has 108 valence electrons. The lowest BCUT2D eigenvalue weighted by Crippen LogP contribution is -2.41. The van der Waals surface area contributed by atoms with Gasteiger partial charge in [0.15, 0.2) is 0 Å². The van der Waals surface area contributed by atoms with Crippen LogP contribution in [0, 0.1) is 19.8 Å². The first-order chi connectivity index (χ1) is 8.63. The van der Waals surface area contributed by atoms with Crippen molar-refractivity contribution in [2.24, 2.45) is 5.92 Å². The van der Waals surface area contributed by atoms with Crippen molar-refractivity contribution in [3.63, 3.8) is 0 Å². The average molecular weight is 289 g/mol. The quantitative estimate of drug-likeness (QED) is 0.830. The largest absolute Gasteiger partial charge is 0.480 e. The Bertz CT molecular complexity index is 559. The maximum Gasteiger partial charge on any atom is 0.321 e. The molecule has 0 amide bonds. The van der Waals surface area contributed by atoms with Crippen molar-refractivity contribution in [2.75, 3.05) is 0 Å². The van der Waals surface area contributed by atoms with Crippen LogP contribution < -0.4 is 4.72 Å². The van der Waals surface area contributed by atoms with Gasteiger partial charge in [-0.15, -0.1) is 0 Å². The van der Waals surface area contributed by atoms with E-state index in [2.05, 4.69) is 4.72 Å². The summed E-state index contributed by atoms with van der Waals surface area (Å²) in [4.78, 5) is 11.1. The summed E-state index contributed by atoms with van der Waals surface area (Å²) in [6.45, 7) is 6.82. The SMILES string of the molecule is Cc1cc(S(=O)(=O)N[C@@H](CC(C)C)C(=O)O)c(C)o1. The molecule has 0 radical (unpaired) electrons. The van der Waals surface area contributed by atoms with Gasteiger partial charge in [0, 0.05) is 0 Å². The standard InChI is InChI=1S/C12H19NO5S/c1-7(2)5-10(12(14)15)13-19(16,17)11-6-8(3)18-9(11)4/h6-7,10,13H,5H2,1-4H3,(H,14,15)/t10-/m0/s1. The summed E-state index contributed by atoms with van der Waals surface area (Å²) in [7, 11) is -3.88. The molecule has 1 aromatic heterocycles. The van der Waals surface area contributed by atoms with Gasteiger partial charge in [-0.25, -0.2) is 8.42 Å². The number of aryl methyl sites for hydroxylation is 2. The molecular weight excluding hydrogens is 270 g/mol. The number of carboxylic acid groups (broad SMARTS) is 1. The minimum Gasteiger partial charge on any atom is -0.480 e. The lowest BCUT2D eigenvalue weighted by atomic mass is 10.1. The van der Waals surface area contributed by atoms with E-state index in [1.807, 2.05) is 13.8 Å². The summed E-state index contributed by atoms with van der Waals surface area (Å²) >= 11 is 0. The molecule has 0 aliphatic rings. The van der Waals surface area contributed by atoms with Gasteiger partial charge in [-0.2, -0.15) is 4.72 Å². The zero-order chi connectivity index (χ0) is 14.8. The molecule has 2 N–H and O–H groups in total. The Labute approximate surface area is 112 Å². The molecule has 0 unspecified atom stereocenters. The van der Waals surface area contributed by atoms with Crippen LogP contribution in [-0.2, 0) is 14.8 Å². The van der Waals surface area contributed by atoms with Crippen molar-refractivity contribution in [2.45, 2.75) is 45.1 Å². The Morgan fingerprint density at radius 3 is 2.37 bits per heavy atom. The van der Waals surface area contributed by atoms with Crippen LogP contribution in [0.2, 0.25) is 0 Å². The van der Waals surface area contributed by atoms with Gasteiger partial charge >= 0.3 is 5.97 Å². The van der Waals surface area contributed by atoms with E-state index in [-0.39, 0.29) is 23.0 Å². The molecule has 1 heterocycles. The van der Waals surface area contributed by atoms with Gasteiger partial charge in [0.1, 0.15) is 22.5 Å². The van der Waals surface area contributed by atoms with Crippen molar-refractivity contribution >= 4 is 16.0 Å². The Hall–Kier alpha value is -1.34. The zero-order valence-corrected chi connectivity index (χ0v) is 12.2. The molecule has 0 aliphatic carbocycles. The van der Waals surface area contributed by atoms with Gasteiger partial charge in [0.2, 0.25) is 10.0 Å². The minimum absolute atomic E-state index is 0.0139. The number of rotatable bonds is 6. The predicted molar refractivity (Wildman–Crippen MR) is 69.4 cm³/mol. The Morgan fingerprint density at radius 2 is 2.00 bits per heavy atom. The van der Waals surface area contributed by atoms with Crippen molar-refractivity contribution in [3.05, 3.63) is 17.6 Å². The van der Waals surface area contributed by atoms with Crippen molar-refractivity contribution in [3.8, 4) is 0 Å². The van der Waals surface area contributed by atoms with Gasteiger partial charge in [-0.1, -0.05) is 13.8 Å². The highest BCUT2D eigenvalue weighted by Crippen LogP contribution is 2.20. The zero-order valence-electron chi connectivity index (χ0n) is 11.4. The maximum absolute atomic E-state index is 12.1. The second-order valence-corrected chi connectivity index (χ2v) is 6.60. The molecule has 1 aromatic rings. The lowest BCUT2D eigenvalue weighted by molar-refractivity contribution is -0.139. The van der Waals surface area contributed by atoms with Crippen LogP contribution in [0.15, 0.2) is 15.4 Å². The molecule has 0 saturated heterocycles. The third-order valence-electron chi connectivity index (χ3n) is 2.59. The van der Waals surface area contributed by atoms with Gasteiger partial charge in [0.05, 0.1) is 0 Å². The second-order valence-electron chi connectivity index (χ2n) is 4.92. The van der Waals surface area contributed by atoms with E-state index >= 15 is 0 Å². The number of carbonyl (C=O) groups is 1. The second kappa shape index (κ2) is 5.75. The van der Waals surface area contributed by atoms with Gasteiger partial charge in [0.25, 0.3) is 0 Å². The van der Waals surface area contributed by atoms with Gasteiger partial charge in [-0.3, -0.25) is 4.79 Å². The number of furan rings is 1. The van der Waals surface area contributed by atoms with Crippen LogP contribution >= 0.6 is 0 Å². The molecule has 1 atom stereocenters. The summed E-state index contributed by atoms with van der Waals surface area (Å²) in [5, 5.41) is 9.06. The molecular formula is C12H19NO5S. The molecule has 0 aromatic carbocycles. The first-order valence-electron chi connectivity index (χ1n) is 5.95. The molecule has 19 heavy (non-hydrogen) atoms. The normalized spacial score (nSPS) is 13.7. The summed E-state index contributed by atoms with van der Waals surface area (Å²) in [5.41, 5.74) is 0. The number of nitrogens with one attached hydrogen (secondary N) is 1. The van der Waals surface area contributed by atoms with Crippen molar-refractivity contribution in [1.29, 1.82) is 0 Å². The molecule has 6 nitrogen and oxygen atoms in total. The van der Waals surface area contributed by atoms with Crippen LogP contribution in [0.3, 0.4) is 0 Å². The minimum atomic E-state index is -3.88. The van der Waals surface area contributed by atoms with Crippen LogP contribution in [0.25, 0.3) is 0 Å². The number of sulfonamides is 1. The number of hydrogen-bond donors (Lipinski definition) is 2. The fourth-order valence-electron chi connectivity index (χ4n) is 1.80. The number of hydrogen-bond acceptors (Lipinski definition) is 4. The monoisotopic (exact) mass is 289 g/mol. The third-order valence-corrected chi connectivity index (χ3v) is 4.17. The van der Waals surface area contributed by atoms with E-state index in [1.54, 1.807) is 6.92 Å². The smallest absolute Gasteiger partial charge is 0.321 e. The van der Waals surface area contributed by atoms with E-state index < -0.39 is 22.0 Å². The molecule has 0 saturated carbocycles. The number of aliphatic carboxylic acids is 1. The highest BCUT2D eigenvalue weighted by atomic mass is 32.2. The van der Waals surface area contributed by atoms with Crippen LogP contribution in [0.4, 0.5) is 0 Å². The topological polar surface area (TPSA) is 96.6 Å². The summed E-state index contributed by atoms with van der Waals surface area (Å²) in [5.74, 6) is -0.404. The maximum atomic E-state index is 12.1. The summed E-state index contributed by atoms with van der Waals surface area (Å²) in [6.07, 6.45) is 0.227. The van der Waals surface area contributed by atoms with E-state index in [9.17, 15) is 13.2 Å². The Balaban J connectivity index is 3.01. The first kappa shape index (κ1) is 15.7. The fourth-order valence-corrected chi connectivity index (χ4v) is 3.24. The van der Waals surface area contributed by atoms with Crippen molar-refractivity contribution in [1.82, 2.24) is 4.72 Å². The van der Waals surface area contributed by atoms with Gasteiger partial charge < -0.3 is 9.52 Å².